The number of piperidine rings is 1. The Balaban J connectivity index is 1.77. The molecule has 0 spiro atoms. The molecular weight excluding hydrogens is 284 g/mol. The largest absolute Gasteiger partial charge is 0.379 e. The van der Waals surface area contributed by atoms with Crippen molar-refractivity contribution in [2.45, 2.75) is 24.5 Å². The third-order valence-corrected chi connectivity index (χ3v) is 4.32. The summed E-state index contributed by atoms with van der Waals surface area (Å²) in [6.07, 6.45) is 0.0246. The Bertz CT molecular complexity index is 617. The minimum absolute atomic E-state index is 0.0246. The summed E-state index contributed by atoms with van der Waals surface area (Å²) in [4.78, 5) is 1.70. The van der Waals surface area contributed by atoms with Crippen molar-refractivity contribution in [1.82, 2.24) is 4.90 Å². The third kappa shape index (κ3) is 2.76. The van der Waals surface area contributed by atoms with Crippen LogP contribution in [0.2, 0.25) is 0 Å². The topological polar surface area (TPSA) is 23.5 Å². The zero-order valence-electron chi connectivity index (χ0n) is 12.3. The van der Waals surface area contributed by atoms with Gasteiger partial charge in [-0.25, -0.2) is 8.78 Å². The maximum absolute atomic E-state index is 14.6. The maximum Gasteiger partial charge on any atom is 0.292 e. The van der Waals surface area contributed by atoms with Gasteiger partial charge in [-0.3, -0.25) is 4.90 Å². The molecule has 2 nitrogen and oxygen atoms in total. The van der Waals surface area contributed by atoms with Crippen LogP contribution in [-0.2, 0) is 12.1 Å². The second-order valence-corrected chi connectivity index (χ2v) is 5.88. The van der Waals surface area contributed by atoms with Crippen LogP contribution in [0, 0.1) is 0 Å². The first kappa shape index (κ1) is 15.1. The number of rotatable bonds is 3. The Morgan fingerprint density at radius 1 is 0.955 bits per heavy atom. The van der Waals surface area contributed by atoms with E-state index in [0.29, 0.717) is 18.7 Å². The molecule has 1 heterocycles. The third-order valence-electron chi connectivity index (χ3n) is 4.32. The lowest BCUT2D eigenvalue weighted by Crippen LogP contribution is -2.58. The van der Waals surface area contributed by atoms with Crippen LogP contribution in [0.25, 0.3) is 0 Å². The number of aliphatic hydroxyl groups is 1. The average molecular weight is 303 g/mol. The molecule has 1 aliphatic heterocycles. The van der Waals surface area contributed by atoms with Gasteiger partial charge in [0.15, 0.2) is 5.60 Å². The molecule has 1 atom stereocenters. The molecule has 1 fully saturated rings. The fourth-order valence-corrected chi connectivity index (χ4v) is 3.04. The van der Waals surface area contributed by atoms with Crippen molar-refractivity contribution in [2.24, 2.45) is 0 Å². The molecular formula is C18H19F2NO. The first-order valence-electron chi connectivity index (χ1n) is 7.43. The van der Waals surface area contributed by atoms with Crippen molar-refractivity contribution in [1.29, 1.82) is 0 Å². The van der Waals surface area contributed by atoms with E-state index in [9.17, 15) is 13.9 Å². The van der Waals surface area contributed by atoms with Crippen molar-refractivity contribution >= 4 is 0 Å². The average Bonchev–Trinajstić information content (AvgIpc) is 2.53. The summed E-state index contributed by atoms with van der Waals surface area (Å²) in [5, 5.41) is 10.6. The highest BCUT2D eigenvalue weighted by atomic mass is 19.3. The SMILES string of the molecule is OC1(c2ccccc2)CCN(Cc2ccccc2)CC1(F)F. The van der Waals surface area contributed by atoms with Gasteiger partial charge >= 0.3 is 0 Å². The maximum atomic E-state index is 14.6. The fourth-order valence-electron chi connectivity index (χ4n) is 3.04. The van der Waals surface area contributed by atoms with Crippen LogP contribution in [0.3, 0.4) is 0 Å². The molecule has 116 valence electrons. The molecule has 2 aromatic rings. The van der Waals surface area contributed by atoms with E-state index in [2.05, 4.69) is 0 Å². The summed E-state index contributed by atoms with van der Waals surface area (Å²) in [5.74, 6) is -3.18. The summed E-state index contributed by atoms with van der Waals surface area (Å²) in [6.45, 7) is 0.477. The van der Waals surface area contributed by atoms with E-state index in [0.717, 1.165) is 5.56 Å². The molecule has 0 aromatic heterocycles. The number of hydrogen-bond donors (Lipinski definition) is 1. The molecule has 1 saturated heterocycles. The molecule has 1 unspecified atom stereocenters. The highest BCUT2D eigenvalue weighted by molar-refractivity contribution is 5.26. The lowest BCUT2D eigenvalue weighted by atomic mass is 9.81. The Morgan fingerprint density at radius 2 is 1.55 bits per heavy atom. The number of benzene rings is 2. The predicted molar refractivity (Wildman–Crippen MR) is 81.6 cm³/mol. The van der Waals surface area contributed by atoms with Gasteiger partial charge in [0.05, 0.1) is 6.54 Å². The van der Waals surface area contributed by atoms with E-state index in [1.165, 1.54) is 0 Å². The number of halogens is 2. The summed E-state index contributed by atoms with van der Waals surface area (Å²) in [5.41, 5.74) is -0.788. The van der Waals surface area contributed by atoms with Crippen molar-refractivity contribution in [3.63, 3.8) is 0 Å². The number of hydrogen-bond acceptors (Lipinski definition) is 2. The van der Waals surface area contributed by atoms with Gasteiger partial charge < -0.3 is 5.11 Å². The summed E-state index contributed by atoms with van der Waals surface area (Å²) >= 11 is 0. The highest BCUT2D eigenvalue weighted by Gasteiger charge is 2.56. The molecule has 1 N–H and O–H groups in total. The predicted octanol–water partition coefficient (Wildman–Crippen LogP) is 3.42. The van der Waals surface area contributed by atoms with Crippen LogP contribution < -0.4 is 0 Å². The highest BCUT2D eigenvalue weighted by Crippen LogP contribution is 2.44. The number of alkyl halides is 2. The minimum atomic E-state index is -3.18. The molecule has 22 heavy (non-hydrogen) atoms. The van der Waals surface area contributed by atoms with Gasteiger partial charge in [-0.2, -0.15) is 0 Å². The monoisotopic (exact) mass is 303 g/mol. The van der Waals surface area contributed by atoms with Gasteiger partial charge in [-0.05, 0) is 17.5 Å². The lowest BCUT2D eigenvalue weighted by molar-refractivity contribution is -0.223. The molecule has 0 aliphatic carbocycles. The summed E-state index contributed by atoms with van der Waals surface area (Å²) in [7, 11) is 0. The van der Waals surface area contributed by atoms with Gasteiger partial charge in [0, 0.05) is 13.1 Å². The van der Waals surface area contributed by atoms with E-state index >= 15 is 0 Å². The van der Waals surface area contributed by atoms with Crippen LogP contribution >= 0.6 is 0 Å². The number of nitrogens with zero attached hydrogens (tertiary/aromatic N) is 1. The van der Waals surface area contributed by atoms with E-state index in [-0.39, 0.29) is 6.42 Å². The molecule has 3 rings (SSSR count). The zero-order chi connectivity index (χ0) is 15.6. The Morgan fingerprint density at radius 3 is 2.14 bits per heavy atom. The summed E-state index contributed by atoms with van der Waals surface area (Å²) in [6, 6.07) is 17.8. The molecule has 0 saturated carbocycles. The van der Waals surface area contributed by atoms with Crippen LogP contribution in [0.4, 0.5) is 8.78 Å². The minimum Gasteiger partial charge on any atom is -0.379 e. The van der Waals surface area contributed by atoms with Gasteiger partial charge in [-0.15, -0.1) is 0 Å². The first-order valence-corrected chi connectivity index (χ1v) is 7.43. The standard InChI is InChI=1S/C18H19F2NO/c19-18(20)14-21(13-15-7-3-1-4-8-15)12-11-17(18,22)16-9-5-2-6-10-16/h1-10,22H,11-14H2. The van der Waals surface area contributed by atoms with E-state index in [1.54, 1.807) is 35.2 Å². The second-order valence-electron chi connectivity index (χ2n) is 5.88. The normalized spacial score (nSPS) is 25.0. The van der Waals surface area contributed by atoms with Crippen molar-refractivity contribution in [3.8, 4) is 0 Å². The zero-order valence-corrected chi connectivity index (χ0v) is 12.3. The summed E-state index contributed by atoms with van der Waals surface area (Å²) < 4.78 is 29.2. The van der Waals surface area contributed by atoms with Crippen LogP contribution in [0.15, 0.2) is 60.7 Å². The molecule has 2 aromatic carbocycles. The lowest BCUT2D eigenvalue weighted by Gasteiger charge is -2.44. The van der Waals surface area contributed by atoms with Gasteiger partial charge in [0.1, 0.15) is 0 Å². The Labute approximate surface area is 129 Å². The van der Waals surface area contributed by atoms with Crippen molar-refractivity contribution in [3.05, 3.63) is 71.8 Å². The van der Waals surface area contributed by atoms with E-state index < -0.39 is 18.1 Å². The van der Waals surface area contributed by atoms with Crippen LogP contribution in [0.1, 0.15) is 17.5 Å². The molecule has 4 heteroatoms. The fraction of sp³-hybridized carbons (Fsp3) is 0.333. The quantitative estimate of drug-likeness (QED) is 0.939. The first-order chi connectivity index (χ1) is 10.5. The Kier molecular flexibility index (Phi) is 3.98. The van der Waals surface area contributed by atoms with Crippen molar-refractivity contribution < 1.29 is 13.9 Å². The Hall–Kier alpha value is -1.78. The molecule has 0 bridgehead atoms. The van der Waals surface area contributed by atoms with Crippen LogP contribution in [0.5, 0.6) is 0 Å². The van der Waals surface area contributed by atoms with Crippen molar-refractivity contribution in [2.75, 3.05) is 13.1 Å². The smallest absolute Gasteiger partial charge is 0.292 e. The molecule has 0 radical (unpaired) electrons. The molecule has 0 amide bonds. The number of likely N-dealkylation sites (tertiary alicyclic amines) is 1. The van der Waals surface area contributed by atoms with E-state index in [1.807, 2.05) is 30.3 Å². The van der Waals surface area contributed by atoms with E-state index in [4.69, 9.17) is 0 Å². The molecule has 1 aliphatic rings. The second kappa shape index (κ2) is 5.78. The van der Waals surface area contributed by atoms with Gasteiger partial charge in [0.2, 0.25) is 0 Å². The van der Waals surface area contributed by atoms with Gasteiger partial charge in [-0.1, -0.05) is 60.7 Å². The van der Waals surface area contributed by atoms with Gasteiger partial charge in [0.25, 0.3) is 5.92 Å². The van der Waals surface area contributed by atoms with Crippen LogP contribution in [-0.4, -0.2) is 29.0 Å².